The standard InChI is InChI=1S/C14H19BrN2O3.ClH/c1-9-13(16-5-6-20-9)14(18)17-8-10-7-11(19-2)3-4-12(10)15;/h3-4,7,9,13,16H,5-6,8H2,1-2H3,(H,17,18);1H/t9-,13+;/m1./s1. The van der Waals surface area contributed by atoms with Crippen LogP contribution in [0.3, 0.4) is 0 Å². The van der Waals surface area contributed by atoms with E-state index in [0.29, 0.717) is 19.7 Å². The Morgan fingerprint density at radius 2 is 2.33 bits per heavy atom. The predicted octanol–water partition coefficient (Wildman–Crippen LogP) is 1.87. The van der Waals surface area contributed by atoms with Crippen LogP contribution in [0, 0.1) is 0 Å². The van der Waals surface area contributed by atoms with E-state index in [9.17, 15) is 4.79 Å². The average molecular weight is 380 g/mol. The van der Waals surface area contributed by atoms with Gasteiger partial charge in [0.2, 0.25) is 5.91 Å². The summed E-state index contributed by atoms with van der Waals surface area (Å²) in [4.78, 5) is 12.1. The first-order valence-electron chi connectivity index (χ1n) is 6.57. The number of carbonyl (C=O) groups is 1. The number of halogens is 2. The second-order valence-electron chi connectivity index (χ2n) is 4.68. The number of morpholine rings is 1. The Bertz CT molecular complexity index is 487. The van der Waals surface area contributed by atoms with Crippen molar-refractivity contribution in [2.24, 2.45) is 0 Å². The zero-order valence-corrected chi connectivity index (χ0v) is 14.4. The highest BCUT2D eigenvalue weighted by molar-refractivity contribution is 9.10. The number of nitrogens with one attached hydrogen (secondary N) is 2. The minimum absolute atomic E-state index is 0. The summed E-state index contributed by atoms with van der Waals surface area (Å²) in [7, 11) is 1.62. The van der Waals surface area contributed by atoms with Gasteiger partial charge in [0.15, 0.2) is 0 Å². The number of methoxy groups -OCH3 is 1. The first-order valence-corrected chi connectivity index (χ1v) is 7.36. The Balaban J connectivity index is 0.00000220. The fraction of sp³-hybridized carbons (Fsp3) is 0.500. The molecule has 0 saturated carbocycles. The van der Waals surface area contributed by atoms with Gasteiger partial charge in [-0.15, -0.1) is 12.4 Å². The lowest BCUT2D eigenvalue weighted by Gasteiger charge is -2.29. The number of benzene rings is 1. The van der Waals surface area contributed by atoms with E-state index in [0.717, 1.165) is 15.8 Å². The Morgan fingerprint density at radius 3 is 3.00 bits per heavy atom. The molecule has 1 fully saturated rings. The molecule has 1 heterocycles. The van der Waals surface area contributed by atoms with Crippen LogP contribution in [0.5, 0.6) is 5.75 Å². The molecule has 2 N–H and O–H groups in total. The average Bonchev–Trinajstić information content (AvgIpc) is 2.46. The van der Waals surface area contributed by atoms with Crippen molar-refractivity contribution in [2.45, 2.75) is 25.6 Å². The van der Waals surface area contributed by atoms with Crippen molar-refractivity contribution in [3.63, 3.8) is 0 Å². The molecule has 1 aromatic carbocycles. The zero-order valence-electron chi connectivity index (χ0n) is 12.0. The van der Waals surface area contributed by atoms with Gasteiger partial charge >= 0.3 is 0 Å². The molecule has 7 heteroatoms. The molecule has 0 radical (unpaired) electrons. The highest BCUT2D eigenvalue weighted by atomic mass is 79.9. The maximum atomic E-state index is 12.1. The number of hydrogen-bond donors (Lipinski definition) is 2. The molecule has 2 rings (SSSR count). The van der Waals surface area contributed by atoms with E-state index in [2.05, 4.69) is 26.6 Å². The van der Waals surface area contributed by atoms with Crippen molar-refractivity contribution < 1.29 is 14.3 Å². The van der Waals surface area contributed by atoms with Crippen molar-refractivity contribution >= 4 is 34.2 Å². The van der Waals surface area contributed by atoms with E-state index in [4.69, 9.17) is 9.47 Å². The summed E-state index contributed by atoms with van der Waals surface area (Å²) in [5, 5.41) is 6.09. The first-order chi connectivity index (χ1) is 9.61. The van der Waals surface area contributed by atoms with Crippen LogP contribution in [0.4, 0.5) is 0 Å². The number of carbonyl (C=O) groups excluding carboxylic acids is 1. The van der Waals surface area contributed by atoms with E-state index in [1.165, 1.54) is 0 Å². The molecule has 21 heavy (non-hydrogen) atoms. The Kier molecular flexibility index (Phi) is 7.45. The number of amides is 1. The third-order valence-electron chi connectivity index (χ3n) is 3.30. The zero-order chi connectivity index (χ0) is 14.5. The van der Waals surface area contributed by atoms with Crippen LogP contribution in [0.15, 0.2) is 22.7 Å². The topological polar surface area (TPSA) is 59.6 Å². The lowest BCUT2D eigenvalue weighted by Crippen LogP contribution is -2.55. The van der Waals surface area contributed by atoms with E-state index >= 15 is 0 Å². The number of ether oxygens (including phenoxy) is 2. The van der Waals surface area contributed by atoms with Gasteiger partial charge in [0.1, 0.15) is 11.8 Å². The van der Waals surface area contributed by atoms with E-state index in [1.807, 2.05) is 25.1 Å². The molecule has 0 unspecified atom stereocenters. The fourth-order valence-corrected chi connectivity index (χ4v) is 2.52. The highest BCUT2D eigenvalue weighted by Gasteiger charge is 2.27. The summed E-state index contributed by atoms with van der Waals surface area (Å²) in [5.41, 5.74) is 0.974. The van der Waals surface area contributed by atoms with Gasteiger partial charge in [-0.2, -0.15) is 0 Å². The molecule has 5 nitrogen and oxygen atoms in total. The molecule has 1 aromatic rings. The lowest BCUT2D eigenvalue weighted by atomic mass is 10.1. The van der Waals surface area contributed by atoms with Crippen LogP contribution in [-0.4, -0.2) is 38.3 Å². The van der Waals surface area contributed by atoms with Crippen LogP contribution in [0.1, 0.15) is 12.5 Å². The van der Waals surface area contributed by atoms with Gasteiger partial charge < -0.3 is 20.1 Å². The monoisotopic (exact) mass is 378 g/mol. The van der Waals surface area contributed by atoms with Gasteiger partial charge in [-0.05, 0) is 30.7 Å². The molecule has 0 aromatic heterocycles. The molecule has 0 aliphatic carbocycles. The number of rotatable bonds is 4. The van der Waals surface area contributed by atoms with Gasteiger partial charge in [0.25, 0.3) is 0 Å². The molecule has 2 atom stereocenters. The molecule has 1 saturated heterocycles. The fourth-order valence-electron chi connectivity index (χ4n) is 2.13. The molecular weight excluding hydrogens is 360 g/mol. The lowest BCUT2D eigenvalue weighted by molar-refractivity contribution is -0.129. The first kappa shape index (κ1) is 18.2. The molecular formula is C14H20BrClN2O3. The third-order valence-corrected chi connectivity index (χ3v) is 4.08. The molecule has 0 bridgehead atoms. The van der Waals surface area contributed by atoms with Gasteiger partial charge in [-0.25, -0.2) is 0 Å². The van der Waals surface area contributed by atoms with Gasteiger partial charge in [0.05, 0.1) is 19.8 Å². The SMILES string of the molecule is COc1ccc(Br)c(CNC(=O)[C@H]2NCCO[C@@H]2C)c1.Cl. The van der Waals surface area contributed by atoms with Crippen LogP contribution in [-0.2, 0) is 16.1 Å². The summed E-state index contributed by atoms with van der Waals surface area (Å²) in [5.74, 6) is 0.719. The second-order valence-corrected chi connectivity index (χ2v) is 5.54. The van der Waals surface area contributed by atoms with Gasteiger partial charge in [-0.3, -0.25) is 4.79 Å². The van der Waals surface area contributed by atoms with Crippen LogP contribution in [0.25, 0.3) is 0 Å². The van der Waals surface area contributed by atoms with Crippen LogP contribution < -0.4 is 15.4 Å². The Hall–Kier alpha value is -0.820. The van der Waals surface area contributed by atoms with E-state index in [1.54, 1.807) is 7.11 Å². The second kappa shape index (κ2) is 8.58. The van der Waals surface area contributed by atoms with Crippen LogP contribution in [0.2, 0.25) is 0 Å². The quantitative estimate of drug-likeness (QED) is 0.838. The smallest absolute Gasteiger partial charge is 0.240 e. The van der Waals surface area contributed by atoms with E-state index in [-0.39, 0.29) is 30.5 Å². The summed E-state index contributed by atoms with van der Waals surface area (Å²) >= 11 is 3.47. The summed E-state index contributed by atoms with van der Waals surface area (Å²) in [6, 6.07) is 5.38. The predicted molar refractivity (Wildman–Crippen MR) is 87.0 cm³/mol. The van der Waals surface area contributed by atoms with Gasteiger partial charge in [-0.1, -0.05) is 15.9 Å². The number of hydrogen-bond acceptors (Lipinski definition) is 4. The Morgan fingerprint density at radius 1 is 1.57 bits per heavy atom. The van der Waals surface area contributed by atoms with Crippen molar-refractivity contribution in [3.8, 4) is 5.75 Å². The molecule has 0 spiro atoms. The maximum Gasteiger partial charge on any atom is 0.240 e. The van der Waals surface area contributed by atoms with Gasteiger partial charge in [0, 0.05) is 17.6 Å². The molecule has 118 valence electrons. The van der Waals surface area contributed by atoms with Crippen molar-refractivity contribution in [1.82, 2.24) is 10.6 Å². The Labute approximate surface area is 139 Å². The summed E-state index contributed by atoms with van der Waals surface area (Å²) in [6.07, 6.45) is -0.113. The molecule has 1 amide bonds. The van der Waals surface area contributed by atoms with Crippen molar-refractivity contribution in [2.75, 3.05) is 20.3 Å². The van der Waals surface area contributed by atoms with E-state index < -0.39 is 0 Å². The summed E-state index contributed by atoms with van der Waals surface area (Å²) < 4.78 is 11.6. The summed E-state index contributed by atoms with van der Waals surface area (Å²) in [6.45, 7) is 3.69. The normalized spacial score (nSPS) is 21.3. The maximum absolute atomic E-state index is 12.1. The van der Waals surface area contributed by atoms with Crippen molar-refractivity contribution in [3.05, 3.63) is 28.2 Å². The largest absolute Gasteiger partial charge is 0.497 e. The van der Waals surface area contributed by atoms with Crippen LogP contribution >= 0.6 is 28.3 Å². The molecule has 1 aliphatic rings. The highest BCUT2D eigenvalue weighted by Crippen LogP contribution is 2.22. The third kappa shape index (κ3) is 4.85. The molecule has 1 aliphatic heterocycles. The minimum Gasteiger partial charge on any atom is -0.497 e. The van der Waals surface area contributed by atoms with Crippen molar-refractivity contribution in [1.29, 1.82) is 0 Å². The minimum atomic E-state index is -0.298.